The quantitative estimate of drug-likeness (QED) is 0.690. The lowest BCUT2D eigenvalue weighted by Crippen LogP contribution is -2.47. The average molecular weight is 252 g/mol. The van der Waals surface area contributed by atoms with Crippen molar-refractivity contribution in [1.29, 1.82) is 5.26 Å². The monoisotopic (exact) mass is 252 g/mol. The molecule has 0 aromatic rings. The molecule has 0 bridgehead atoms. The maximum atomic E-state index is 8.61. The van der Waals surface area contributed by atoms with Crippen LogP contribution in [0, 0.1) is 16.7 Å². The highest BCUT2D eigenvalue weighted by Crippen LogP contribution is 2.20. The van der Waals surface area contributed by atoms with E-state index in [1.54, 1.807) is 0 Å². The van der Waals surface area contributed by atoms with Crippen LogP contribution in [0.25, 0.3) is 0 Å². The molecule has 0 aromatic carbocycles. The number of piperazine rings is 1. The summed E-state index contributed by atoms with van der Waals surface area (Å²) in [6.45, 7) is 12.4. The Morgan fingerprint density at radius 2 is 1.89 bits per heavy atom. The lowest BCUT2D eigenvalue weighted by atomic mass is 9.88. The van der Waals surface area contributed by atoms with Crippen LogP contribution < -0.4 is 5.32 Å². The molecule has 0 amide bonds. The minimum atomic E-state index is 0.234. The van der Waals surface area contributed by atoms with Crippen molar-refractivity contribution in [3.8, 4) is 6.07 Å². The summed E-state index contributed by atoms with van der Waals surface area (Å²) in [7, 11) is 2.19. The predicted octanol–water partition coefficient (Wildman–Crippen LogP) is 1.15. The molecule has 1 saturated heterocycles. The van der Waals surface area contributed by atoms with Gasteiger partial charge in [0.05, 0.1) is 6.07 Å². The molecule has 4 heteroatoms. The first-order chi connectivity index (χ1) is 8.53. The molecule has 0 radical (unpaired) electrons. The van der Waals surface area contributed by atoms with Gasteiger partial charge in [-0.25, -0.2) is 0 Å². The van der Waals surface area contributed by atoms with Crippen molar-refractivity contribution < 1.29 is 0 Å². The Morgan fingerprint density at radius 1 is 1.22 bits per heavy atom. The van der Waals surface area contributed by atoms with Crippen LogP contribution in [0.15, 0.2) is 0 Å². The topological polar surface area (TPSA) is 42.3 Å². The van der Waals surface area contributed by atoms with Crippen LogP contribution in [0.5, 0.6) is 0 Å². The molecule has 1 N–H and O–H groups in total. The second-order valence-corrected chi connectivity index (χ2v) is 6.14. The second kappa shape index (κ2) is 7.73. The van der Waals surface area contributed by atoms with Gasteiger partial charge in [-0.05, 0) is 18.9 Å². The molecule has 0 saturated carbocycles. The van der Waals surface area contributed by atoms with E-state index in [1.165, 1.54) is 26.2 Å². The summed E-state index contributed by atoms with van der Waals surface area (Å²) in [5, 5.41) is 12.1. The van der Waals surface area contributed by atoms with Crippen LogP contribution in [0.2, 0.25) is 0 Å². The van der Waals surface area contributed by atoms with Gasteiger partial charge in [-0.2, -0.15) is 5.26 Å². The van der Waals surface area contributed by atoms with E-state index in [0.717, 1.165) is 26.1 Å². The Hall–Kier alpha value is -0.630. The number of rotatable bonds is 7. The Balaban J connectivity index is 2.06. The van der Waals surface area contributed by atoms with Gasteiger partial charge in [0.2, 0.25) is 0 Å². The molecule has 104 valence electrons. The zero-order valence-corrected chi connectivity index (χ0v) is 12.2. The first-order valence-electron chi connectivity index (χ1n) is 7.02. The summed E-state index contributed by atoms with van der Waals surface area (Å²) < 4.78 is 0. The van der Waals surface area contributed by atoms with Gasteiger partial charge in [-0.15, -0.1) is 0 Å². The Bertz CT molecular complexity index is 261. The molecule has 18 heavy (non-hydrogen) atoms. The summed E-state index contributed by atoms with van der Waals surface area (Å²) in [4.78, 5) is 4.91. The zero-order chi connectivity index (χ0) is 13.4. The van der Waals surface area contributed by atoms with Crippen LogP contribution in [-0.2, 0) is 0 Å². The molecule has 0 unspecified atom stereocenters. The van der Waals surface area contributed by atoms with E-state index < -0.39 is 0 Å². The van der Waals surface area contributed by atoms with Crippen molar-refractivity contribution in [3.05, 3.63) is 0 Å². The van der Waals surface area contributed by atoms with E-state index in [4.69, 9.17) is 5.26 Å². The third-order valence-corrected chi connectivity index (χ3v) is 3.72. The molecular weight excluding hydrogens is 224 g/mol. The summed E-state index contributed by atoms with van der Waals surface area (Å²) >= 11 is 0. The fourth-order valence-corrected chi connectivity index (χ4v) is 2.22. The molecule has 1 aliphatic heterocycles. The molecule has 1 aliphatic rings. The van der Waals surface area contributed by atoms with Crippen LogP contribution in [0.4, 0.5) is 0 Å². The molecule has 0 spiro atoms. The Kier molecular flexibility index (Phi) is 6.62. The van der Waals surface area contributed by atoms with Crippen molar-refractivity contribution in [1.82, 2.24) is 15.1 Å². The fourth-order valence-electron chi connectivity index (χ4n) is 2.22. The van der Waals surface area contributed by atoms with E-state index in [-0.39, 0.29) is 5.41 Å². The van der Waals surface area contributed by atoms with Crippen molar-refractivity contribution in [3.63, 3.8) is 0 Å². The third-order valence-electron chi connectivity index (χ3n) is 3.72. The van der Waals surface area contributed by atoms with Crippen molar-refractivity contribution in [2.45, 2.75) is 26.7 Å². The van der Waals surface area contributed by atoms with E-state index >= 15 is 0 Å². The standard InChI is InChI=1S/C14H28N4/c1-14(2,5-4-6-15)13-16-7-8-18-11-9-17(3)10-12-18/h16H,4-5,7-13H2,1-3H3. The van der Waals surface area contributed by atoms with Crippen molar-refractivity contribution in [2.24, 2.45) is 5.41 Å². The highest BCUT2D eigenvalue weighted by atomic mass is 15.2. The summed E-state index contributed by atoms with van der Waals surface area (Å²) in [5.74, 6) is 0. The Labute approximate surface area is 112 Å². The number of likely N-dealkylation sites (N-methyl/N-ethyl adjacent to an activating group) is 1. The molecule has 1 rings (SSSR count). The van der Waals surface area contributed by atoms with Crippen LogP contribution in [0.1, 0.15) is 26.7 Å². The zero-order valence-electron chi connectivity index (χ0n) is 12.2. The minimum Gasteiger partial charge on any atom is -0.315 e. The van der Waals surface area contributed by atoms with Gasteiger partial charge in [0, 0.05) is 52.2 Å². The van der Waals surface area contributed by atoms with Crippen molar-refractivity contribution >= 4 is 0 Å². The van der Waals surface area contributed by atoms with Gasteiger partial charge >= 0.3 is 0 Å². The van der Waals surface area contributed by atoms with Gasteiger partial charge in [-0.3, -0.25) is 4.90 Å². The van der Waals surface area contributed by atoms with E-state index in [1.807, 2.05) is 0 Å². The van der Waals surface area contributed by atoms with E-state index in [0.29, 0.717) is 6.42 Å². The smallest absolute Gasteiger partial charge is 0.0621 e. The van der Waals surface area contributed by atoms with Gasteiger partial charge in [-0.1, -0.05) is 13.8 Å². The summed E-state index contributed by atoms with van der Waals surface area (Å²) in [6.07, 6.45) is 1.64. The number of nitrogens with one attached hydrogen (secondary N) is 1. The predicted molar refractivity (Wildman–Crippen MR) is 75.4 cm³/mol. The van der Waals surface area contributed by atoms with Gasteiger partial charge in [0.1, 0.15) is 0 Å². The summed E-state index contributed by atoms with van der Waals surface area (Å²) in [5.41, 5.74) is 0.234. The third kappa shape index (κ3) is 6.34. The first-order valence-corrected chi connectivity index (χ1v) is 7.02. The van der Waals surface area contributed by atoms with Crippen LogP contribution >= 0.6 is 0 Å². The maximum absolute atomic E-state index is 8.61. The van der Waals surface area contributed by atoms with Gasteiger partial charge in [0.25, 0.3) is 0 Å². The number of hydrogen-bond acceptors (Lipinski definition) is 4. The minimum absolute atomic E-state index is 0.234. The Morgan fingerprint density at radius 3 is 2.50 bits per heavy atom. The van der Waals surface area contributed by atoms with Crippen molar-refractivity contribution in [2.75, 3.05) is 52.9 Å². The SMILES string of the molecule is CN1CCN(CCNCC(C)(C)CCC#N)CC1. The van der Waals surface area contributed by atoms with Crippen LogP contribution in [0.3, 0.4) is 0 Å². The highest BCUT2D eigenvalue weighted by Gasteiger charge is 2.17. The molecule has 0 atom stereocenters. The molecular formula is C14H28N4. The molecule has 1 fully saturated rings. The highest BCUT2D eigenvalue weighted by molar-refractivity contribution is 4.79. The van der Waals surface area contributed by atoms with Gasteiger partial charge < -0.3 is 10.2 Å². The maximum Gasteiger partial charge on any atom is 0.0621 e. The molecule has 1 heterocycles. The lowest BCUT2D eigenvalue weighted by Gasteiger charge is -2.32. The number of nitrogens with zero attached hydrogens (tertiary/aromatic N) is 3. The lowest BCUT2D eigenvalue weighted by molar-refractivity contribution is 0.153. The van der Waals surface area contributed by atoms with E-state index in [2.05, 4.69) is 42.1 Å². The van der Waals surface area contributed by atoms with Crippen LogP contribution in [-0.4, -0.2) is 62.7 Å². The molecule has 0 aliphatic carbocycles. The second-order valence-electron chi connectivity index (χ2n) is 6.14. The first kappa shape index (κ1) is 15.4. The average Bonchev–Trinajstić information content (AvgIpc) is 2.34. The number of nitriles is 1. The fraction of sp³-hybridized carbons (Fsp3) is 0.929. The summed E-state index contributed by atoms with van der Waals surface area (Å²) in [6, 6.07) is 2.23. The number of hydrogen-bond donors (Lipinski definition) is 1. The van der Waals surface area contributed by atoms with Gasteiger partial charge in [0.15, 0.2) is 0 Å². The normalized spacial score (nSPS) is 18.8. The molecule has 4 nitrogen and oxygen atoms in total. The molecule has 0 aromatic heterocycles. The largest absolute Gasteiger partial charge is 0.315 e. The van der Waals surface area contributed by atoms with E-state index in [9.17, 15) is 0 Å².